The lowest BCUT2D eigenvalue weighted by atomic mass is 10.2. The van der Waals surface area contributed by atoms with Crippen LogP contribution in [0.15, 0.2) is 44.5 Å². The lowest BCUT2D eigenvalue weighted by molar-refractivity contribution is -0.146. The van der Waals surface area contributed by atoms with Crippen LogP contribution < -0.4 is 5.63 Å². The van der Waals surface area contributed by atoms with Crippen LogP contribution in [0.2, 0.25) is 0 Å². The fourth-order valence-corrected chi connectivity index (χ4v) is 1.96. The molecule has 0 saturated carbocycles. The van der Waals surface area contributed by atoms with E-state index >= 15 is 0 Å². The number of hydrogen-bond donors (Lipinski definition) is 1. The summed E-state index contributed by atoms with van der Waals surface area (Å²) in [7, 11) is 0. The third-order valence-electron chi connectivity index (χ3n) is 3.16. The van der Waals surface area contributed by atoms with E-state index in [0.29, 0.717) is 5.69 Å². The van der Waals surface area contributed by atoms with Crippen LogP contribution in [0.1, 0.15) is 28.6 Å². The van der Waals surface area contributed by atoms with Crippen LogP contribution in [0.25, 0.3) is 0 Å². The molecule has 0 fully saturated rings. The Morgan fingerprint density at radius 3 is 2.54 bits per heavy atom. The summed E-state index contributed by atoms with van der Waals surface area (Å²) in [5.41, 5.74) is -0.115. The molecule has 0 amide bonds. The number of hydrogen-bond acceptors (Lipinski definition) is 8. The van der Waals surface area contributed by atoms with Crippen molar-refractivity contribution in [2.24, 2.45) is 4.99 Å². The number of benzene rings is 1. The minimum absolute atomic E-state index is 0.0754. The molecule has 0 unspecified atom stereocenters. The van der Waals surface area contributed by atoms with Crippen molar-refractivity contribution in [1.29, 1.82) is 0 Å². The summed E-state index contributed by atoms with van der Waals surface area (Å²) in [6.07, 6.45) is 1.18. The van der Waals surface area contributed by atoms with Crippen LogP contribution in [0.3, 0.4) is 0 Å². The monoisotopic (exact) mass is 359 g/mol. The van der Waals surface area contributed by atoms with E-state index in [1.54, 1.807) is 13.8 Å². The molecule has 136 valence electrons. The molecule has 0 radical (unpaired) electrons. The summed E-state index contributed by atoms with van der Waals surface area (Å²) < 4.78 is 14.4. The topological polar surface area (TPSA) is 115 Å². The van der Waals surface area contributed by atoms with Crippen molar-refractivity contribution in [3.63, 3.8) is 0 Å². The Hall–Kier alpha value is -3.42. The highest BCUT2D eigenvalue weighted by Crippen LogP contribution is 2.16. The second-order valence-corrected chi connectivity index (χ2v) is 5.13. The molecular weight excluding hydrogens is 342 g/mol. The second kappa shape index (κ2) is 8.61. The fourth-order valence-electron chi connectivity index (χ4n) is 1.96. The highest BCUT2D eigenvalue weighted by molar-refractivity contribution is 5.91. The predicted molar refractivity (Wildman–Crippen MR) is 92.0 cm³/mol. The largest absolute Gasteiger partial charge is 0.507 e. The average molecular weight is 359 g/mol. The van der Waals surface area contributed by atoms with Crippen molar-refractivity contribution in [2.45, 2.75) is 13.8 Å². The van der Waals surface area contributed by atoms with Gasteiger partial charge in [0.05, 0.1) is 17.9 Å². The van der Waals surface area contributed by atoms with Crippen LogP contribution in [-0.2, 0) is 14.3 Å². The Balaban J connectivity index is 2.05. The van der Waals surface area contributed by atoms with Gasteiger partial charge in [0.15, 0.2) is 6.61 Å². The van der Waals surface area contributed by atoms with Crippen LogP contribution in [0, 0.1) is 6.92 Å². The Morgan fingerprint density at radius 1 is 1.23 bits per heavy atom. The first kappa shape index (κ1) is 18.9. The molecule has 1 N–H and O–H groups in total. The maximum Gasteiger partial charge on any atom is 0.348 e. The van der Waals surface area contributed by atoms with Crippen LogP contribution >= 0.6 is 0 Å². The summed E-state index contributed by atoms with van der Waals surface area (Å²) in [5.74, 6) is -1.25. The minimum Gasteiger partial charge on any atom is -0.507 e. The Labute approximate surface area is 148 Å². The molecule has 0 saturated heterocycles. The third kappa shape index (κ3) is 5.04. The number of carbonyl (C=O) groups is 2. The standard InChI is InChI=1S/C18H17NO7/c1-3-24-16(21)10-25-17(22)12-4-6-13(7-5-12)19-9-14-15(20)8-11(2)26-18(14)23/h4-9,20H,3,10H2,1-2H3. The van der Waals surface area contributed by atoms with E-state index in [9.17, 15) is 19.5 Å². The molecule has 0 atom stereocenters. The zero-order chi connectivity index (χ0) is 19.1. The van der Waals surface area contributed by atoms with Gasteiger partial charge in [0.1, 0.15) is 17.1 Å². The zero-order valence-corrected chi connectivity index (χ0v) is 14.2. The number of aliphatic imine (C=N–C) groups is 1. The smallest absolute Gasteiger partial charge is 0.348 e. The van der Waals surface area contributed by atoms with Gasteiger partial charge in [-0.25, -0.2) is 14.4 Å². The fraction of sp³-hybridized carbons (Fsp3) is 0.222. The molecular formula is C18H17NO7. The van der Waals surface area contributed by atoms with Gasteiger partial charge in [0, 0.05) is 12.3 Å². The molecule has 8 nitrogen and oxygen atoms in total. The van der Waals surface area contributed by atoms with E-state index in [1.807, 2.05) is 0 Å². The second-order valence-electron chi connectivity index (χ2n) is 5.13. The summed E-state index contributed by atoms with van der Waals surface area (Å²) in [6, 6.07) is 7.26. The molecule has 1 aromatic heterocycles. The Kier molecular flexibility index (Phi) is 6.26. The molecule has 2 aromatic rings. The van der Waals surface area contributed by atoms with Gasteiger partial charge in [-0.3, -0.25) is 4.99 Å². The number of aromatic hydroxyl groups is 1. The van der Waals surface area contributed by atoms with Gasteiger partial charge in [-0.15, -0.1) is 0 Å². The van der Waals surface area contributed by atoms with Crippen LogP contribution in [-0.4, -0.2) is 36.5 Å². The summed E-state index contributed by atoms with van der Waals surface area (Å²) in [6.45, 7) is 2.94. The normalized spacial score (nSPS) is 10.7. The molecule has 1 aromatic carbocycles. The van der Waals surface area contributed by atoms with Gasteiger partial charge in [0.25, 0.3) is 0 Å². The number of carbonyl (C=O) groups excluding carboxylic acids is 2. The van der Waals surface area contributed by atoms with Crippen molar-refractivity contribution in [1.82, 2.24) is 0 Å². The number of esters is 2. The quantitative estimate of drug-likeness (QED) is 0.620. The van der Waals surface area contributed by atoms with E-state index < -0.39 is 24.2 Å². The number of ether oxygens (including phenoxy) is 2. The predicted octanol–water partition coefficient (Wildman–Crippen LogP) is 2.12. The van der Waals surface area contributed by atoms with Crippen molar-refractivity contribution < 1.29 is 28.6 Å². The van der Waals surface area contributed by atoms with Gasteiger partial charge in [-0.05, 0) is 38.1 Å². The molecule has 26 heavy (non-hydrogen) atoms. The lowest BCUT2D eigenvalue weighted by Gasteiger charge is -2.04. The zero-order valence-electron chi connectivity index (χ0n) is 14.2. The molecule has 0 aliphatic carbocycles. The minimum atomic E-state index is -0.703. The summed E-state index contributed by atoms with van der Waals surface area (Å²) in [4.78, 5) is 38.7. The first-order valence-electron chi connectivity index (χ1n) is 7.71. The maximum absolute atomic E-state index is 11.8. The van der Waals surface area contributed by atoms with Crippen LogP contribution in [0.5, 0.6) is 5.75 Å². The molecule has 0 bridgehead atoms. The molecule has 8 heteroatoms. The molecule has 2 rings (SSSR count). The van der Waals surface area contributed by atoms with E-state index in [-0.39, 0.29) is 29.2 Å². The Bertz CT molecular complexity index is 881. The van der Waals surface area contributed by atoms with Gasteiger partial charge < -0.3 is 19.0 Å². The molecule has 0 aliphatic rings. The van der Waals surface area contributed by atoms with Crippen molar-refractivity contribution in [3.8, 4) is 5.75 Å². The summed E-state index contributed by atoms with van der Waals surface area (Å²) in [5, 5.41) is 9.76. The molecule has 0 aliphatic heterocycles. The SMILES string of the molecule is CCOC(=O)COC(=O)c1ccc(N=Cc2c(O)cc(C)oc2=O)cc1. The summed E-state index contributed by atoms with van der Waals surface area (Å²) >= 11 is 0. The Morgan fingerprint density at radius 2 is 1.92 bits per heavy atom. The number of aryl methyl sites for hydroxylation is 1. The van der Waals surface area contributed by atoms with Gasteiger partial charge >= 0.3 is 17.6 Å². The third-order valence-corrected chi connectivity index (χ3v) is 3.16. The van der Waals surface area contributed by atoms with Crippen molar-refractivity contribution >= 4 is 23.8 Å². The first-order valence-corrected chi connectivity index (χ1v) is 7.71. The highest BCUT2D eigenvalue weighted by Gasteiger charge is 2.11. The van der Waals surface area contributed by atoms with Gasteiger partial charge in [-0.2, -0.15) is 0 Å². The van der Waals surface area contributed by atoms with Crippen molar-refractivity contribution in [2.75, 3.05) is 13.2 Å². The number of rotatable bonds is 6. The van der Waals surface area contributed by atoms with E-state index in [1.165, 1.54) is 36.5 Å². The number of nitrogens with zero attached hydrogens (tertiary/aromatic N) is 1. The highest BCUT2D eigenvalue weighted by atomic mass is 16.6. The van der Waals surface area contributed by atoms with Gasteiger partial charge in [-0.1, -0.05) is 0 Å². The average Bonchev–Trinajstić information content (AvgIpc) is 2.59. The van der Waals surface area contributed by atoms with Crippen LogP contribution in [0.4, 0.5) is 5.69 Å². The van der Waals surface area contributed by atoms with E-state index in [0.717, 1.165) is 0 Å². The van der Waals surface area contributed by atoms with Gasteiger partial charge in [0.2, 0.25) is 0 Å². The first-order chi connectivity index (χ1) is 12.4. The van der Waals surface area contributed by atoms with E-state index in [4.69, 9.17) is 9.15 Å². The molecule has 0 spiro atoms. The van der Waals surface area contributed by atoms with Crippen molar-refractivity contribution in [3.05, 3.63) is 57.6 Å². The van der Waals surface area contributed by atoms with E-state index in [2.05, 4.69) is 9.73 Å². The molecule has 1 heterocycles. The maximum atomic E-state index is 11.8. The lowest BCUT2D eigenvalue weighted by Crippen LogP contribution is -2.16.